The fraction of sp³-hybridized carbons (Fsp3) is 0.389. The lowest BCUT2D eigenvalue weighted by molar-refractivity contribution is 0.0949. The number of amides is 1. The number of carbonyl (C=O) groups excluding carboxylic acids is 1. The fourth-order valence-electron chi connectivity index (χ4n) is 1.98. The van der Waals surface area contributed by atoms with Crippen molar-refractivity contribution >= 4 is 35.1 Å². The van der Waals surface area contributed by atoms with E-state index < -0.39 is 0 Å². The van der Waals surface area contributed by atoms with Gasteiger partial charge in [0.25, 0.3) is 5.91 Å². The maximum atomic E-state index is 12.0. The highest BCUT2D eigenvalue weighted by Crippen LogP contribution is 2.24. The standard InChI is InChI=1S/C18H23ClN4OS/c1-12(2)10-20-17(24)14-7-5-13(6-8-14)11-25-18-21-15(19)9-16(22-18)23(3)4/h5-9,12H,10-11H2,1-4H3,(H,20,24). The number of thioether (sulfide) groups is 1. The van der Waals surface area contributed by atoms with Crippen LogP contribution in [0.1, 0.15) is 29.8 Å². The van der Waals surface area contributed by atoms with E-state index in [4.69, 9.17) is 11.6 Å². The number of benzene rings is 1. The minimum absolute atomic E-state index is 0.0401. The normalized spacial score (nSPS) is 10.8. The Balaban J connectivity index is 1.97. The molecule has 0 bridgehead atoms. The van der Waals surface area contributed by atoms with Crippen LogP contribution < -0.4 is 10.2 Å². The summed E-state index contributed by atoms with van der Waals surface area (Å²) in [6.07, 6.45) is 0. The molecule has 0 atom stereocenters. The van der Waals surface area contributed by atoms with E-state index in [0.29, 0.717) is 34.1 Å². The van der Waals surface area contributed by atoms with E-state index in [-0.39, 0.29) is 5.91 Å². The first-order valence-corrected chi connectivity index (χ1v) is 9.43. The molecule has 0 radical (unpaired) electrons. The largest absolute Gasteiger partial charge is 0.363 e. The number of anilines is 1. The monoisotopic (exact) mass is 378 g/mol. The predicted octanol–water partition coefficient (Wildman–Crippen LogP) is 3.87. The topological polar surface area (TPSA) is 58.1 Å². The lowest BCUT2D eigenvalue weighted by Gasteiger charge is -2.12. The molecule has 0 spiro atoms. The number of rotatable bonds is 7. The number of hydrogen-bond acceptors (Lipinski definition) is 5. The molecule has 0 fully saturated rings. The summed E-state index contributed by atoms with van der Waals surface area (Å²) in [5, 5.41) is 3.98. The maximum Gasteiger partial charge on any atom is 0.251 e. The van der Waals surface area contributed by atoms with E-state index in [1.807, 2.05) is 43.3 Å². The Labute approximate surface area is 158 Å². The van der Waals surface area contributed by atoms with Crippen molar-refractivity contribution in [1.29, 1.82) is 0 Å². The van der Waals surface area contributed by atoms with E-state index in [1.54, 1.807) is 6.07 Å². The van der Waals surface area contributed by atoms with Crippen LogP contribution in [0.2, 0.25) is 5.15 Å². The molecule has 1 N–H and O–H groups in total. The van der Waals surface area contributed by atoms with Crippen molar-refractivity contribution in [3.63, 3.8) is 0 Å². The van der Waals surface area contributed by atoms with Gasteiger partial charge in [-0.3, -0.25) is 4.79 Å². The van der Waals surface area contributed by atoms with Gasteiger partial charge in [0.2, 0.25) is 0 Å². The molecule has 2 rings (SSSR count). The maximum absolute atomic E-state index is 12.0. The average Bonchev–Trinajstić information content (AvgIpc) is 2.57. The van der Waals surface area contributed by atoms with Crippen LogP contribution in [-0.4, -0.2) is 36.5 Å². The van der Waals surface area contributed by atoms with Crippen molar-refractivity contribution in [2.75, 3.05) is 25.5 Å². The number of nitrogens with one attached hydrogen (secondary N) is 1. The van der Waals surface area contributed by atoms with Crippen molar-refractivity contribution in [3.05, 3.63) is 46.6 Å². The van der Waals surface area contributed by atoms with Gasteiger partial charge in [0.1, 0.15) is 11.0 Å². The zero-order valence-corrected chi connectivity index (χ0v) is 16.5. The van der Waals surface area contributed by atoms with Gasteiger partial charge in [-0.25, -0.2) is 9.97 Å². The zero-order chi connectivity index (χ0) is 18.4. The first kappa shape index (κ1) is 19.5. The van der Waals surface area contributed by atoms with Crippen LogP contribution >= 0.6 is 23.4 Å². The van der Waals surface area contributed by atoms with Gasteiger partial charge >= 0.3 is 0 Å². The second kappa shape index (κ2) is 9.06. The van der Waals surface area contributed by atoms with Crippen molar-refractivity contribution in [3.8, 4) is 0 Å². The molecule has 1 aromatic heterocycles. The number of carbonyl (C=O) groups is 1. The average molecular weight is 379 g/mol. The Morgan fingerprint density at radius 1 is 1.24 bits per heavy atom. The summed E-state index contributed by atoms with van der Waals surface area (Å²) in [7, 11) is 3.83. The summed E-state index contributed by atoms with van der Waals surface area (Å²) in [5.41, 5.74) is 1.77. The first-order valence-electron chi connectivity index (χ1n) is 8.07. The van der Waals surface area contributed by atoms with Gasteiger partial charge in [-0.2, -0.15) is 0 Å². The molecule has 5 nitrogen and oxygen atoms in total. The quantitative estimate of drug-likeness (QED) is 0.450. The molecule has 134 valence electrons. The van der Waals surface area contributed by atoms with E-state index in [9.17, 15) is 4.79 Å². The first-order chi connectivity index (χ1) is 11.8. The molecule has 0 aliphatic carbocycles. The zero-order valence-electron chi connectivity index (χ0n) is 14.9. The lowest BCUT2D eigenvalue weighted by atomic mass is 10.1. The highest BCUT2D eigenvalue weighted by molar-refractivity contribution is 7.98. The van der Waals surface area contributed by atoms with Crippen LogP contribution in [0.3, 0.4) is 0 Å². The SMILES string of the molecule is CC(C)CNC(=O)c1ccc(CSc2nc(Cl)cc(N(C)C)n2)cc1. The molecule has 0 unspecified atom stereocenters. The fourth-order valence-corrected chi connectivity index (χ4v) is 3.02. The Morgan fingerprint density at radius 2 is 1.92 bits per heavy atom. The molecule has 0 saturated carbocycles. The van der Waals surface area contributed by atoms with Crippen LogP contribution in [0, 0.1) is 5.92 Å². The Bertz CT molecular complexity index is 720. The van der Waals surface area contributed by atoms with Gasteiger partial charge < -0.3 is 10.2 Å². The van der Waals surface area contributed by atoms with Crippen LogP contribution in [0.15, 0.2) is 35.5 Å². The van der Waals surface area contributed by atoms with Crippen molar-refractivity contribution in [2.24, 2.45) is 5.92 Å². The highest BCUT2D eigenvalue weighted by atomic mass is 35.5. The molecule has 0 aliphatic rings. The van der Waals surface area contributed by atoms with Crippen LogP contribution in [0.5, 0.6) is 0 Å². The molecule has 1 aromatic carbocycles. The van der Waals surface area contributed by atoms with Crippen LogP contribution in [0.25, 0.3) is 0 Å². The minimum atomic E-state index is -0.0401. The molecular formula is C18H23ClN4OS. The molecular weight excluding hydrogens is 356 g/mol. The summed E-state index contributed by atoms with van der Waals surface area (Å²) in [6, 6.07) is 9.32. The van der Waals surface area contributed by atoms with E-state index in [0.717, 1.165) is 11.4 Å². The van der Waals surface area contributed by atoms with E-state index in [1.165, 1.54) is 11.8 Å². The lowest BCUT2D eigenvalue weighted by Crippen LogP contribution is -2.27. The van der Waals surface area contributed by atoms with Crippen molar-refractivity contribution in [2.45, 2.75) is 24.8 Å². The molecule has 7 heteroatoms. The van der Waals surface area contributed by atoms with Gasteiger partial charge in [-0.05, 0) is 23.6 Å². The predicted molar refractivity (Wildman–Crippen MR) is 105 cm³/mol. The highest BCUT2D eigenvalue weighted by Gasteiger charge is 2.08. The smallest absolute Gasteiger partial charge is 0.251 e. The molecule has 0 aliphatic heterocycles. The minimum Gasteiger partial charge on any atom is -0.363 e. The van der Waals surface area contributed by atoms with Crippen LogP contribution in [-0.2, 0) is 5.75 Å². The summed E-state index contributed by atoms with van der Waals surface area (Å²) >= 11 is 7.56. The Morgan fingerprint density at radius 3 is 2.52 bits per heavy atom. The van der Waals surface area contributed by atoms with Crippen molar-refractivity contribution in [1.82, 2.24) is 15.3 Å². The second-order valence-electron chi connectivity index (χ2n) is 6.32. The summed E-state index contributed by atoms with van der Waals surface area (Å²) in [6.45, 7) is 4.82. The Hall–Kier alpha value is -1.79. The van der Waals surface area contributed by atoms with Crippen molar-refractivity contribution < 1.29 is 4.79 Å². The van der Waals surface area contributed by atoms with Gasteiger partial charge in [-0.1, -0.05) is 49.3 Å². The number of hydrogen-bond donors (Lipinski definition) is 1. The van der Waals surface area contributed by atoms with Gasteiger partial charge in [0.05, 0.1) is 0 Å². The number of nitrogens with zero attached hydrogens (tertiary/aromatic N) is 3. The summed E-state index contributed by atoms with van der Waals surface area (Å²) in [5.74, 6) is 1.88. The van der Waals surface area contributed by atoms with E-state index in [2.05, 4.69) is 29.1 Å². The van der Waals surface area contributed by atoms with Gasteiger partial charge in [-0.15, -0.1) is 0 Å². The van der Waals surface area contributed by atoms with Gasteiger partial charge in [0.15, 0.2) is 5.16 Å². The Kier molecular flexibility index (Phi) is 7.08. The number of aromatic nitrogens is 2. The molecule has 1 amide bonds. The number of halogens is 1. The second-order valence-corrected chi connectivity index (χ2v) is 7.65. The molecule has 0 saturated heterocycles. The molecule has 2 aromatic rings. The molecule has 25 heavy (non-hydrogen) atoms. The summed E-state index contributed by atoms with van der Waals surface area (Å²) in [4.78, 5) is 22.6. The third kappa shape index (κ3) is 6.21. The van der Waals surface area contributed by atoms with E-state index >= 15 is 0 Å². The van der Waals surface area contributed by atoms with Gasteiger partial charge in [0, 0.05) is 38.0 Å². The third-order valence-corrected chi connectivity index (χ3v) is 4.49. The molecule has 1 heterocycles. The van der Waals surface area contributed by atoms with Crippen LogP contribution in [0.4, 0.5) is 5.82 Å². The third-order valence-electron chi connectivity index (χ3n) is 3.37. The summed E-state index contributed by atoms with van der Waals surface area (Å²) < 4.78 is 0.